The number of azide groups is 1. The van der Waals surface area contributed by atoms with Gasteiger partial charge in [0.15, 0.2) is 5.76 Å². The summed E-state index contributed by atoms with van der Waals surface area (Å²) in [5.74, 6) is -0.400. The highest BCUT2D eigenvalue weighted by atomic mass is 19.3. The van der Waals surface area contributed by atoms with Crippen LogP contribution in [0.3, 0.4) is 0 Å². The molecule has 0 bridgehead atoms. The lowest BCUT2D eigenvalue weighted by Gasteiger charge is -1.89. The van der Waals surface area contributed by atoms with Gasteiger partial charge in [0.1, 0.15) is 5.76 Å². The van der Waals surface area contributed by atoms with Crippen molar-refractivity contribution in [1.29, 1.82) is 0 Å². The van der Waals surface area contributed by atoms with Crippen LogP contribution in [0.25, 0.3) is 22.1 Å². The maximum Gasteiger partial charge on any atom is 0.314 e. The van der Waals surface area contributed by atoms with Gasteiger partial charge in [-0.1, -0.05) is 5.11 Å². The highest BCUT2D eigenvalue weighted by molar-refractivity contribution is 5.43. The Morgan fingerprint density at radius 3 is 2.82 bits per heavy atom. The Labute approximate surface area is 92.7 Å². The Balaban J connectivity index is 2.21. The van der Waals surface area contributed by atoms with Crippen LogP contribution in [-0.4, -0.2) is 10.2 Å². The van der Waals surface area contributed by atoms with Gasteiger partial charge in [-0.2, -0.15) is 8.78 Å². The zero-order chi connectivity index (χ0) is 12.3. The molecule has 2 rings (SSSR count). The van der Waals surface area contributed by atoms with E-state index in [9.17, 15) is 8.78 Å². The average molecular weight is 241 g/mol. The topological polar surface area (TPSA) is 101 Å². The van der Waals surface area contributed by atoms with Gasteiger partial charge < -0.3 is 8.83 Å². The van der Waals surface area contributed by atoms with E-state index in [0.717, 1.165) is 0 Å². The van der Waals surface area contributed by atoms with Gasteiger partial charge in [0.05, 0.1) is 6.54 Å². The van der Waals surface area contributed by atoms with Crippen LogP contribution in [-0.2, 0) is 6.54 Å². The van der Waals surface area contributed by atoms with Gasteiger partial charge in [0.2, 0.25) is 0 Å². The normalized spacial score (nSPS) is 10.5. The molecule has 0 aliphatic carbocycles. The van der Waals surface area contributed by atoms with Crippen LogP contribution in [0.15, 0.2) is 26.1 Å². The lowest BCUT2D eigenvalue weighted by molar-refractivity contribution is 0.115. The van der Waals surface area contributed by atoms with Gasteiger partial charge in [-0.05, 0) is 17.7 Å². The summed E-state index contributed by atoms with van der Waals surface area (Å²) >= 11 is 0. The number of alkyl halides is 2. The lowest BCUT2D eigenvalue weighted by Crippen LogP contribution is -1.81. The van der Waals surface area contributed by atoms with Crippen molar-refractivity contribution < 1.29 is 17.6 Å². The molecule has 0 saturated carbocycles. The second-order valence-electron chi connectivity index (χ2n) is 2.90. The third-order valence-corrected chi connectivity index (χ3v) is 1.79. The number of halogens is 2. The summed E-state index contributed by atoms with van der Waals surface area (Å²) in [6, 6.07) is 2.99. The number of nitrogens with zero attached hydrogens (tertiary/aromatic N) is 5. The molecule has 17 heavy (non-hydrogen) atoms. The molecule has 0 aliphatic heterocycles. The van der Waals surface area contributed by atoms with E-state index in [1.54, 1.807) is 0 Å². The zero-order valence-corrected chi connectivity index (χ0v) is 8.25. The second-order valence-corrected chi connectivity index (χ2v) is 2.90. The molecule has 0 saturated heterocycles. The van der Waals surface area contributed by atoms with Crippen molar-refractivity contribution in [2.45, 2.75) is 13.0 Å². The third kappa shape index (κ3) is 2.40. The molecule has 0 amide bonds. The molecule has 0 unspecified atom stereocenters. The van der Waals surface area contributed by atoms with Crippen LogP contribution in [0.4, 0.5) is 8.78 Å². The van der Waals surface area contributed by atoms with E-state index in [4.69, 9.17) is 9.95 Å². The summed E-state index contributed by atoms with van der Waals surface area (Å²) in [4.78, 5) is 2.55. The quantitative estimate of drug-likeness (QED) is 0.466. The van der Waals surface area contributed by atoms with Crippen LogP contribution < -0.4 is 0 Å². The predicted octanol–water partition coefficient (Wildman–Crippen LogP) is 3.08. The van der Waals surface area contributed by atoms with Gasteiger partial charge in [0.25, 0.3) is 11.8 Å². The minimum atomic E-state index is -2.83. The van der Waals surface area contributed by atoms with Crippen molar-refractivity contribution >= 4 is 0 Å². The Morgan fingerprint density at radius 1 is 1.35 bits per heavy atom. The molecule has 7 nitrogen and oxygen atoms in total. The fourth-order valence-electron chi connectivity index (χ4n) is 1.10. The largest absolute Gasteiger partial charge is 0.456 e. The van der Waals surface area contributed by atoms with Crippen molar-refractivity contribution in [2.24, 2.45) is 5.11 Å². The Bertz CT molecular complexity index is 558. The average Bonchev–Trinajstić information content (AvgIpc) is 2.94. The molecule has 2 aromatic heterocycles. The van der Waals surface area contributed by atoms with E-state index < -0.39 is 12.3 Å². The summed E-state index contributed by atoms with van der Waals surface area (Å²) in [5.41, 5.74) is 8.11. The number of aromatic nitrogens is 2. The Kier molecular flexibility index (Phi) is 3.01. The fourth-order valence-corrected chi connectivity index (χ4v) is 1.10. The highest BCUT2D eigenvalue weighted by Gasteiger charge is 2.18. The smallest absolute Gasteiger partial charge is 0.314 e. The summed E-state index contributed by atoms with van der Waals surface area (Å²) in [5, 5.41) is 9.84. The minimum Gasteiger partial charge on any atom is -0.456 e. The second kappa shape index (κ2) is 4.62. The SMILES string of the molecule is [N-]=[N+]=NCc1ccc(-c2nnc(C(F)F)o2)o1. The van der Waals surface area contributed by atoms with Gasteiger partial charge in [-0.25, -0.2) is 0 Å². The molecule has 0 aliphatic rings. The van der Waals surface area contributed by atoms with Gasteiger partial charge in [-0.15, -0.1) is 10.2 Å². The predicted molar refractivity (Wildman–Crippen MR) is 49.8 cm³/mol. The van der Waals surface area contributed by atoms with Gasteiger partial charge in [-0.3, -0.25) is 0 Å². The molecule has 9 heteroatoms. The van der Waals surface area contributed by atoms with E-state index in [0.29, 0.717) is 5.76 Å². The number of hydrogen-bond donors (Lipinski definition) is 0. The standard InChI is InChI=1S/C8H5F2N5O2/c9-6(10)8-14-13-7(17-8)5-2-1-4(16-5)3-12-15-11/h1-2,6H,3H2. The molecule has 88 valence electrons. The summed E-state index contributed by atoms with van der Waals surface area (Å²) in [6.45, 7) is 0.0202. The molecule has 2 aromatic rings. The van der Waals surface area contributed by atoms with Crippen LogP contribution in [0.5, 0.6) is 0 Å². The van der Waals surface area contributed by atoms with Crippen molar-refractivity contribution in [1.82, 2.24) is 10.2 Å². The maximum atomic E-state index is 12.2. The lowest BCUT2D eigenvalue weighted by atomic mass is 10.4. The zero-order valence-electron chi connectivity index (χ0n) is 8.25. The van der Waals surface area contributed by atoms with E-state index in [2.05, 4.69) is 24.6 Å². The molecular formula is C8H5F2N5O2. The first-order chi connectivity index (χ1) is 8.20. The van der Waals surface area contributed by atoms with Crippen molar-refractivity contribution in [3.05, 3.63) is 34.2 Å². The summed E-state index contributed by atoms with van der Waals surface area (Å²) < 4.78 is 34.2. The highest BCUT2D eigenvalue weighted by Crippen LogP contribution is 2.24. The maximum absolute atomic E-state index is 12.2. The van der Waals surface area contributed by atoms with E-state index in [1.165, 1.54) is 12.1 Å². The van der Waals surface area contributed by atoms with Crippen LogP contribution in [0, 0.1) is 0 Å². The van der Waals surface area contributed by atoms with E-state index in [1.807, 2.05) is 0 Å². The molecule has 0 spiro atoms. The first kappa shape index (κ1) is 11.1. The van der Waals surface area contributed by atoms with Gasteiger partial charge >= 0.3 is 6.43 Å². The van der Waals surface area contributed by atoms with E-state index >= 15 is 0 Å². The summed E-state index contributed by atoms with van der Waals surface area (Å²) in [6.07, 6.45) is -2.83. The van der Waals surface area contributed by atoms with Gasteiger partial charge in [0, 0.05) is 4.91 Å². The third-order valence-electron chi connectivity index (χ3n) is 1.79. The van der Waals surface area contributed by atoms with E-state index in [-0.39, 0.29) is 18.2 Å². The Morgan fingerprint density at radius 2 is 2.18 bits per heavy atom. The molecule has 2 heterocycles. The molecular weight excluding hydrogens is 236 g/mol. The monoisotopic (exact) mass is 241 g/mol. The van der Waals surface area contributed by atoms with Crippen LogP contribution in [0.1, 0.15) is 18.1 Å². The number of furan rings is 1. The Hall–Kier alpha value is -2.41. The minimum absolute atomic E-state index is 0.0202. The van der Waals surface area contributed by atoms with Crippen LogP contribution in [0.2, 0.25) is 0 Å². The number of rotatable bonds is 4. The fraction of sp³-hybridized carbons (Fsp3) is 0.250. The first-order valence-electron chi connectivity index (χ1n) is 4.42. The van der Waals surface area contributed by atoms with Crippen molar-refractivity contribution in [2.75, 3.05) is 0 Å². The number of hydrogen-bond acceptors (Lipinski definition) is 5. The van der Waals surface area contributed by atoms with Crippen LogP contribution >= 0.6 is 0 Å². The molecule has 0 radical (unpaired) electrons. The molecule has 0 atom stereocenters. The molecule has 0 N–H and O–H groups in total. The first-order valence-corrected chi connectivity index (χ1v) is 4.42. The molecule has 0 aromatic carbocycles. The summed E-state index contributed by atoms with van der Waals surface area (Å²) in [7, 11) is 0. The van der Waals surface area contributed by atoms with Crippen molar-refractivity contribution in [3.63, 3.8) is 0 Å². The van der Waals surface area contributed by atoms with Crippen molar-refractivity contribution in [3.8, 4) is 11.7 Å². The molecule has 0 fully saturated rings.